The van der Waals surface area contributed by atoms with Crippen LogP contribution in [0.15, 0.2) is 0 Å². The van der Waals surface area contributed by atoms with E-state index in [-0.39, 0.29) is 44.6 Å². The number of hydrogen-bond donors (Lipinski definition) is 1. The van der Waals surface area contributed by atoms with Crippen molar-refractivity contribution in [3.63, 3.8) is 0 Å². The first-order valence-corrected chi connectivity index (χ1v) is 22.5. The van der Waals surface area contributed by atoms with Gasteiger partial charge in [-0.25, -0.2) is 9.45 Å². The number of carbonyl (C=O) groups excluding carboxylic acids is 2. The molecule has 0 fully saturated rings. The fourth-order valence-corrected chi connectivity index (χ4v) is 7.07. The summed E-state index contributed by atoms with van der Waals surface area (Å²) in [6.07, 6.45) is 31.4. The van der Waals surface area contributed by atoms with Gasteiger partial charge in [-0.2, -0.15) is 0 Å². The molecule has 304 valence electrons. The Kier molecular flexibility index (Phi) is 37.9. The highest BCUT2D eigenvalue weighted by molar-refractivity contribution is 7.48. The third kappa shape index (κ3) is 35.8. The van der Waals surface area contributed by atoms with Gasteiger partial charge in [-0.05, 0) is 19.4 Å². The van der Waals surface area contributed by atoms with Gasteiger partial charge < -0.3 is 14.8 Å². The van der Waals surface area contributed by atoms with Crippen LogP contribution in [0.5, 0.6) is 0 Å². The number of phosphoric ester groups is 1. The summed E-state index contributed by atoms with van der Waals surface area (Å²) in [7, 11) is -2.98. The van der Waals surface area contributed by atoms with E-state index in [1.165, 1.54) is 136 Å². The molecule has 0 rings (SSSR count). The zero-order chi connectivity index (χ0) is 37.5. The first-order valence-electron chi connectivity index (χ1n) is 21.1. The summed E-state index contributed by atoms with van der Waals surface area (Å²) >= 11 is 0. The number of likely N-dealkylation sites (N-methyl/N-ethyl adjacent to an activating group) is 1. The first kappa shape index (κ1) is 50.0. The van der Waals surface area contributed by atoms with Crippen LogP contribution in [0.25, 0.3) is 0 Å². The Morgan fingerprint density at radius 1 is 0.549 bits per heavy atom. The van der Waals surface area contributed by atoms with Gasteiger partial charge in [-0.1, -0.05) is 175 Å². The number of nitrogens with one attached hydrogen (secondary N) is 1. The maximum Gasteiger partial charge on any atom is 0.502 e. The molecule has 0 aliphatic heterocycles. The van der Waals surface area contributed by atoms with Gasteiger partial charge in [-0.15, -0.1) is 4.67 Å². The normalized spacial score (nSPS) is 12.7. The molecule has 1 N–H and O–H groups in total. The van der Waals surface area contributed by atoms with Gasteiger partial charge >= 0.3 is 19.8 Å². The van der Waals surface area contributed by atoms with E-state index < -0.39 is 13.9 Å². The molecule has 0 amide bonds. The first-order chi connectivity index (χ1) is 24.9. The third-order valence-electron chi connectivity index (χ3n) is 9.05. The van der Waals surface area contributed by atoms with Gasteiger partial charge in [0.1, 0.15) is 19.3 Å². The number of carbonyl (C=O) groups is 2. The van der Waals surface area contributed by atoms with Crippen LogP contribution >= 0.6 is 7.82 Å². The van der Waals surface area contributed by atoms with Crippen LogP contribution in [0.1, 0.15) is 201 Å². The molecule has 0 aliphatic carbocycles. The molecule has 1 unspecified atom stereocenters. The van der Waals surface area contributed by atoms with Crippen molar-refractivity contribution in [3.05, 3.63) is 0 Å². The molecule has 10 nitrogen and oxygen atoms in total. The lowest BCUT2D eigenvalue weighted by Gasteiger charge is -2.22. The molecule has 0 spiro atoms. The van der Waals surface area contributed by atoms with Gasteiger partial charge in [0.15, 0.2) is 0 Å². The highest BCUT2D eigenvalue weighted by Crippen LogP contribution is 2.50. The van der Waals surface area contributed by atoms with Crippen LogP contribution in [0, 0.1) is 0 Å². The molecule has 0 saturated heterocycles. The molecule has 51 heavy (non-hydrogen) atoms. The van der Waals surface area contributed by atoms with E-state index in [4.69, 9.17) is 23.2 Å². The Labute approximate surface area is 313 Å². The van der Waals surface area contributed by atoms with E-state index in [2.05, 4.69) is 24.1 Å². The van der Waals surface area contributed by atoms with E-state index in [0.717, 1.165) is 38.5 Å². The summed E-state index contributed by atoms with van der Waals surface area (Å²) in [6, 6.07) is 0. The van der Waals surface area contributed by atoms with Gasteiger partial charge in [0.2, 0.25) is 0 Å². The zero-order valence-corrected chi connectivity index (χ0v) is 34.4. The average Bonchev–Trinajstić information content (AvgIpc) is 3.12. The zero-order valence-electron chi connectivity index (χ0n) is 33.5. The highest BCUT2D eigenvalue weighted by Gasteiger charge is 2.33. The quantitative estimate of drug-likeness (QED) is 0.0213. The molecular weight excluding hydrogens is 669 g/mol. The fourth-order valence-electron chi connectivity index (χ4n) is 5.95. The van der Waals surface area contributed by atoms with E-state index in [1.54, 1.807) is 0 Å². The van der Waals surface area contributed by atoms with Crippen molar-refractivity contribution < 1.29 is 42.2 Å². The smallest absolute Gasteiger partial charge is 0.463 e. The number of phosphoric acid groups is 1. The number of unbranched alkanes of at least 4 members (excludes halogenated alkanes) is 24. The molecule has 1 atom stereocenters. The lowest BCUT2D eigenvalue weighted by molar-refractivity contribution is -0.206. The van der Waals surface area contributed by atoms with Crippen LogP contribution in [-0.2, 0) is 42.2 Å². The lowest BCUT2D eigenvalue weighted by atomic mass is 10.0. The van der Waals surface area contributed by atoms with Crippen molar-refractivity contribution in [2.24, 2.45) is 0 Å². The predicted octanol–water partition coefficient (Wildman–Crippen LogP) is 11.7. The van der Waals surface area contributed by atoms with Crippen molar-refractivity contribution >= 4 is 19.8 Å². The summed E-state index contributed by atoms with van der Waals surface area (Å²) in [5, 5.41) is 3.06. The van der Waals surface area contributed by atoms with Crippen molar-refractivity contribution in [2.75, 3.05) is 40.0 Å². The van der Waals surface area contributed by atoms with Gasteiger partial charge in [-0.3, -0.25) is 18.6 Å². The summed E-state index contributed by atoms with van der Waals surface area (Å²) in [6.45, 7) is 7.11. The number of ether oxygens (including phenoxy) is 2. The summed E-state index contributed by atoms with van der Waals surface area (Å²) < 4.78 is 39.9. The van der Waals surface area contributed by atoms with Crippen molar-refractivity contribution in [1.82, 2.24) is 5.32 Å². The minimum absolute atomic E-state index is 0.0405. The molecule has 0 aromatic carbocycles. The topological polar surface area (TPSA) is 119 Å². The Morgan fingerprint density at radius 3 is 1.24 bits per heavy atom. The molecule has 0 radical (unpaired) electrons. The van der Waals surface area contributed by atoms with Crippen LogP contribution in [0.4, 0.5) is 0 Å². The van der Waals surface area contributed by atoms with Crippen molar-refractivity contribution in [3.8, 4) is 0 Å². The van der Waals surface area contributed by atoms with Crippen LogP contribution in [-0.4, -0.2) is 58.1 Å². The SMILES string of the molecule is CCCCCCCCCCCCCCCC(=O)OCC(COC(=O)CCCCCCCCCCCCCCC)OP(=O)(OCCNCC)OOC. The minimum Gasteiger partial charge on any atom is -0.463 e. The second-order valence-corrected chi connectivity index (χ2v) is 15.5. The fraction of sp³-hybridized carbons (Fsp3) is 0.950. The molecule has 0 aliphatic rings. The molecular formula is C40H80NO9P. The largest absolute Gasteiger partial charge is 0.502 e. The number of rotatable bonds is 41. The van der Waals surface area contributed by atoms with Crippen molar-refractivity contribution in [2.45, 2.75) is 207 Å². The van der Waals surface area contributed by atoms with Crippen LogP contribution in [0.3, 0.4) is 0 Å². The maximum absolute atomic E-state index is 13.2. The molecule has 0 heterocycles. The maximum atomic E-state index is 13.2. The highest BCUT2D eigenvalue weighted by atomic mass is 31.2. The minimum atomic E-state index is -4.18. The monoisotopic (exact) mass is 750 g/mol. The van der Waals surface area contributed by atoms with E-state index in [9.17, 15) is 14.2 Å². The van der Waals surface area contributed by atoms with Gasteiger partial charge in [0.25, 0.3) is 0 Å². The standard InChI is InChI=1S/C40H80NO9P/c1-5-8-10-12-14-16-18-20-22-24-26-28-30-32-39(42)46-36-38(49-51(44,50-45-4)48-35-34-41-7-3)37-47-40(43)33-31-29-27-25-23-21-19-17-15-13-11-9-6-2/h38,41H,5-37H2,1-4H3. The molecule has 0 saturated carbocycles. The van der Waals surface area contributed by atoms with E-state index in [1.807, 2.05) is 6.92 Å². The second-order valence-electron chi connectivity index (χ2n) is 14.0. The molecule has 11 heteroatoms. The van der Waals surface area contributed by atoms with E-state index >= 15 is 0 Å². The Hall–Kier alpha value is -1.03. The van der Waals surface area contributed by atoms with Crippen LogP contribution < -0.4 is 5.32 Å². The van der Waals surface area contributed by atoms with Crippen molar-refractivity contribution in [1.29, 1.82) is 0 Å². The Bertz CT molecular complexity index is 771. The predicted molar refractivity (Wildman–Crippen MR) is 208 cm³/mol. The number of hydrogen-bond acceptors (Lipinski definition) is 10. The summed E-state index contributed by atoms with van der Waals surface area (Å²) in [5.41, 5.74) is 0. The number of esters is 2. The molecule has 0 bridgehead atoms. The molecule has 0 aromatic heterocycles. The molecule has 0 aromatic rings. The van der Waals surface area contributed by atoms with Gasteiger partial charge in [0.05, 0.1) is 13.7 Å². The lowest BCUT2D eigenvalue weighted by Crippen LogP contribution is -2.29. The van der Waals surface area contributed by atoms with Crippen LogP contribution in [0.2, 0.25) is 0 Å². The third-order valence-corrected chi connectivity index (χ3v) is 10.4. The van der Waals surface area contributed by atoms with Gasteiger partial charge in [0, 0.05) is 19.4 Å². The Balaban J connectivity index is 4.45. The summed E-state index contributed by atoms with van der Waals surface area (Å²) in [5.74, 6) is -0.749. The average molecular weight is 750 g/mol. The van der Waals surface area contributed by atoms with E-state index in [0.29, 0.717) is 13.1 Å². The Morgan fingerprint density at radius 2 is 0.902 bits per heavy atom. The second kappa shape index (κ2) is 38.7. The summed E-state index contributed by atoms with van der Waals surface area (Å²) in [4.78, 5) is 29.7.